The third kappa shape index (κ3) is 5.81. The molecule has 1 heterocycles. The Hall–Kier alpha value is -2.12. The molecule has 32 heavy (non-hydrogen) atoms. The fraction of sp³-hybridized carbons (Fsp3) is 0.440. The average molecular weight is 520 g/mol. The number of piperidine rings is 1. The molecule has 7 heteroatoms. The molecule has 0 aliphatic carbocycles. The summed E-state index contributed by atoms with van der Waals surface area (Å²) < 4.78 is 12.1. The number of hydrogen-bond donors (Lipinski definition) is 1. The number of carbonyl (C=O) groups excluding carboxylic acids is 1. The molecule has 1 fully saturated rings. The molecule has 3 rings (SSSR count). The SMILES string of the molecule is COc1cc(C(=S)N2CCC(C)CC2)cc(Br)c1OCC(=O)Nc1c(C)cc(C)cc1C. The van der Waals surface area contributed by atoms with Gasteiger partial charge in [-0.3, -0.25) is 4.79 Å². The van der Waals surface area contributed by atoms with Gasteiger partial charge in [0.1, 0.15) is 4.99 Å². The van der Waals surface area contributed by atoms with E-state index in [9.17, 15) is 4.79 Å². The van der Waals surface area contributed by atoms with Crippen LogP contribution in [0.4, 0.5) is 5.69 Å². The van der Waals surface area contributed by atoms with Gasteiger partial charge < -0.3 is 19.7 Å². The lowest BCUT2D eigenvalue weighted by atomic mass is 9.99. The lowest BCUT2D eigenvalue weighted by molar-refractivity contribution is -0.118. The number of halogens is 1. The van der Waals surface area contributed by atoms with E-state index in [1.54, 1.807) is 7.11 Å². The highest BCUT2D eigenvalue weighted by Gasteiger charge is 2.22. The van der Waals surface area contributed by atoms with E-state index in [0.717, 1.165) is 59.2 Å². The maximum atomic E-state index is 12.6. The minimum absolute atomic E-state index is 0.129. The van der Waals surface area contributed by atoms with Gasteiger partial charge in [0.25, 0.3) is 5.91 Å². The van der Waals surface area contributed by atoms with Crippen molar-refractivity contribution in [1.82, 2.24) is 4.90 Å². The van der Waals surface area contributed by atoms with Crippen LogP contribution < -0.4 is 14.8 Å². The Morgan fingerprint density at radius 2 is 1.78 bits per heavy atom. The summed E-state index contributed by atoms with van der Waals surface area (Å²) in [5.41, 5.74) is 4.95. The second-order valence-electron chi connectivity index (χ2n) is 8.57. The molecule has 0 aromatic heterocycles. The van der Waals surface area contributed by atoms with Crippen molar-refractivity contribution in [3.8, 4) is 11.5 Å². The van der Waals surface area contributed by atoms with Gasteiger partial charge in [-0.1, -0.05) is 36.8 Å². The van der Waals surface area contributed by atoms with Crippen molar-refractivity contribution in [2.45, 2.75) is 40.5 Å². The van der Waals surface area contributed by atoms with Gasteiger partial charge in [-0.25, -0.2) is 0 Å². The molecule has 0 spiro atoms. The lowest BCUT2D eigenvalue weighted by Gasteiger charge is -2.32. The van der Waals surface area contributed by atoms with Crippen LogP contribution in [0.3, 0.4) is 0 Å². The van der Waals surface area contributed by atoms with E-state index in [1.807, 2.05) is 45.0 Å². The van der Waals surface area contributed by atoms with Crippen LogP contribution in [-0.4, -0.2) is 42.6 Å². The molecule has 0 unspecified atom stereocenters. The second-order valence-corrected chi connectivity index (χ2v) is 9.82. The zero-order valence-corrected chi connectivity index (χ0v) is 21.8. The number of ether oxygens (including phenoxy) is 2. The number of nitrogens with one attached hydrogen (secondary N) is 1. The first kappa shape index (κ1) is 24.5. The number of hydrogen-bond acceptors (Lipinski definition) is 4. The van der Waals surface area contributed by atoms with E-state index in [0.29, 0.717) is 16.0 Å². The van der Waals surface area contributed by atoms with E-state index >= 15 is 0 Å². The summed E-state index contributed by atoms with van der Waals surface area (Å²) in [7, 11) is 1.59. The molecular formula is C25H31BrN2O3S. The smallest absolute Gasteiger partial charge is 0.262 e. The van der Waals surface area contributed by atoms with E-state index in [1.165, 1.54) is 5.56 Å². The molecule has 1 aliphatic rings. The van der Waals surface area contributed by atoms with E-state index < -0.39 is 0 Å². The van der Waals surface area contributed by atoms with Crippen molar-refractivity contribution in [3.63, 3.8) is 0 Å². The Morgan fingerprint density at radius 3 is 2.38 bits per heavy atom. The van der Waals surface area contributed by atoms with Gasteiger partial charge in [-0.15, -0.1) is 0 Å². The van der Waals surface area contributed by atoms with Crippen LogP contribution in [0.5, 0.6) is 11.5 Å². The highest BCUT2D eigenvalue weighted by molar-refractivity contribution is 9.10. The van der Waals surface area contributed by atoms with Crippen LogP contribution in [-0.2, 0) is 4.79 Å². The maximum Gasteiger partial charge on any atom is 0.262 e. The molecule has 0 atom stereocenters. The maximum absolute atomic E-state index is 12.6. The largest absolute Gasteiger partial charge is 0.493 e. The van der Waals surface area contributed by atoms with Gasteiger partial charge in [-0.2, -0.15) is 0 Å². The molecule has 0 saturated carbocycles. The Kier molecular flexibility index (Phi) is 8.17. The Balaban J connectivity index is 1.70. The van der Waals surface area contributed by atoms with Crippen molar-refractivity contribution in [2.24, 2.45) is 5.92 Å². The number of aryl methyl sites for hydroxylation is 3. The quantitative estimate of drug-likeness (QED) is 0.489. The summed E-state index contributed by atoms with van der Waals surface area (Å²) in [5, 5.41) is 2.96. The van der Waals surface area contributed by atoms with Gasteiger partial charge in [0.15, 0.2) is 18.1 Å². The number of amides is 1. The first-order valence-electron chi connectivity index (χ1n) is 10.9. The average Bonchev–Trinajstić information content (AvgIpc) is 2.74. The standard InChI is InChI=1S/C25H31BrN2O3S/c1-15-6-8-28(9-7-15)25(32)19-12-20(26)24(21(13-19)30-5)31-14-22(29)27-23-17(3)10-16(2)11-18(23)4/h10-13,15H,6-9,14H2,1-5H3,(H,27,29). The highest BCUT2D eigenvalue weighted by Crippen LogP contribution is 2.37. The molecular weight excluding hydrogens is 488 g/mol. The number of nitrogens with zero attached hydrogens (tertiary/aromatic N) is 1. The molecule has 2 aromatic rings. The summed E-state index contributed by atoms with van der Waals surface area (Å²) in [6.45, 7) is 10.1. The van der Waals surface area contributed by atoms with Crippen molar-refractivity contribution in [1.29, 1.82) is 0 Å². The van der Waals surface area contributed by atoms with Crippen molar-refractivity contribution in [2.75, 3.05) is 32.1 Å². The van der Waals surface area contributed by atoms with Gasteiger partial charge >= 0.3 is 0 Å². The van der Waals surface area contributed by atoms with Gasteiger partial charge in [0, 0.05) is 24.3 Å². The fourth-order valence-electron chi connectivity index (χ4n) is 4.07. The molecule has 0 radical (unpaired) electrons. The summed E-state index contributed by atoms with van der Waals surface area (Å²) in [5.74, 6) is 1.54. The van der Waals surface area contributed by atoms with Crippen molar-refractivity contribution >= 4 is 44.7 Å². The third-order valence-electron chi connectivity index (χ3n) is 5.84. The van der Waals surface area contributed by atoms with Crippen LogP contribution in [0.25, 0.3) is 0 Å². The Labute approximate surface area is 204 Å². The zero-order valence-electron chi connectivity index (χ0n) is 19.4. The van der Waals surface area contributed by atoms with E-state index in [2.05, 4.69) is 33.1 Å². The van der Waals surface area contributed by atoms with Crippen LogP contribution in [0.15, 0.2) is 28.7 Å². The summed E-state index contributed by atoms with van der Waals surface area (Å²) in [4.78, 5) is 15.6. The normalized spacial score (nSPS) is 14.2. The number of anilines is 1. The summed E-state index contributed by atoms with van der Waals surface area (Å²) >= 11 is 9.32. The summed E-state index contributed by atoms with van der Waals surface area (Å²) in [6, 6.07) is 7.92. The van der Waals surface area contributed by atoms with E-state index in [-0.39, 0.29) is 12.5 Å². The predicted octanol–water partition coefficient (Wildman–Crippen LogP) is 5.81. The minimum atomic E-state index is -0.226. The monoisotopic (exact) mass is 518 g/mol. The number of likely N-dealkylation sites (tertiary alicyclic amines) is 1. The molecule has 172 valence electrons. The van der Waals surface area contributed by atoms with Gasteiger partial charge in [-0.05, 0) is 78.7 Å². The first-order valence-corrected chi connectivity index (χ1v) is 12.1. The number of thiocarbonyl (C=S) groups is 1. The molecule has 0 bridgehead atoms. The number of benzene rings is 2. The highest BCUT2D eigenvalue weighted by atomic mass is 79.9. The lowest BCUT2D eigenvalue weighted by Crippen LogP contribution is -2.37. The van der Waals surface area contributed by atoms with Gasteiger partial charge in [0.05, 0.1) is 11.6 Å². The number of methoxy groups -OCH3 is 1. The number of carbonyl (C=O) groups is 1. The molecule has 1 amide bonds. The molecule has 5 nitrogen and oxygen atoms in total. The molecule has 1 aliphatic heterocycles. The first-order chi connectivity index (χ1) is 15.2. The number of rotatable bonds is 6. The van der Waals surface area contributed by atoms with Crippen LogP contribution in [0.2, 0.25) is 0 Å². The van der Waals surface area contributed by atoms with Crippen LogP contribution in [0, 0.1) is 26.7 Å². The summed E-state index contributed by atoms with van der Waals surface area (Å²) in [6.07, 6.45) is 2.30. The minimum Gasteiger partial charge on any atom is -0.493 e. The van der Waals surface area contributed by atoms with E-state index in [4.69, 9.17) is 21.7 Å². The molecule has 1 N–H and O–H groups in total. The van der Waals surface area contributed by atoms with Crippen molar-refractivity contribution < 1.29 is 14.3 Å². The Bertz CT molecular complexity index is 993. The van der Waals surface area contributed by atoms with Crippen molar-refractivity contribution in [3.05, 3.63) is 51.0 Å². The Morgan fingerprint density at radius 1 is 1.16 bits per heavy atom. The molecule has 2 aromatic carbocycles. The fourth-order valence-corrected chi connectivity index (χ4v) is 4.92. The third-order valence-corrected chi connectivity index (χ3v) is 6.92. The van der Waals surface area contributed by atoms with Gasteiger partial charge in [0.2, 0.25) is 0 Å². The zero-order chi connectivity index (χ0) is 23.4. The predicted molar refractivity (Wildman–Crippen MR) is 137 cm³/mol. The van der Waals surface area contributed by atoms with Crippen LogP contribution in [0.1, 0.15) is 42.0 Å². The second kappa shape index (κ2) is 10.7. The topological polar surface area (TPSA) is 50.8 Å². The van der Waals surface area contributed by atoms with Crippen LogP contribution >= 0.6 is 28.1 Å². The molecule has 1 saturated heterocycles.